The molecule has 0 aromatic heterocycles. The monoisotopic (exact) mass is 366 g/mol. The number of carbonyl (C=O) groups is 1. The first kappa shape index (κ1) is 18.7. The fourth-order valence-electron chi connectivity index (χ4n) is 2.30. The van der Waals surface area contributed by atoms with E-state index in [0.717, 1.165) is 22.7 Å². The molecule has 1 aromatic carbocycles. The number of benzene rings is 1. The van der Waals surface area contributed by atoms with E-state index in [4.69, 9.17) is 0 Å². The van der Waals surface area contributed by atoms with Crippen molar-refractivity contribution in [3.63, 3.8) is 0 Å². The Hall–Kier alpha value is -1.60. The lowest BCUT2D eigenvalue weighted by molar-refractivity contribution is -0.123. The maximum Gasteiger partial charge on any atom is 0.272 e. The lowest BCUT2D eigenvalue weighted by Gasteiger charge is -2.17. The molecular formula is C17H22N2O3S2. The van der Waals surface area contributed by atoms with Gasteiger partial charge in [-0.25, -0.2) is 8.42 Å². The molecule has 130 valence electrons. The van der Waals surface area contributed by atoms with Gasteiger partial charge >= 0.3 is 0 Å². The molecule has 0 bridgehead atoms. The van der Waals surface area contributed by atoms with Gasteiger partial charge in [0.2, 0.25) is 0 Å². The summed E-state index contributed by atoms with van der Waals surface area (Å²) in [6.45, 7) is 7.79. The van der Waals surface area contributed by atoms with Gasteiger partial charge in [-0.1, -0.05) is 55.3 Å². The van der Waals surface area contributed by atoms with Gasteiger partial charge in [0.1, 0.15) is 0 Å². The van der Waals surface area contributed by atoms with E-state index in [-0.39, 0.29) is 16.6 Å². The number of amidine groups is 1. The number of nitrogens with zero attached hydrogens (tertiary/aromatic N) is 2. The van der Waals surface area contributed by atoms with Gasteiger partial charge in [0.25, 0.3) is 15.9 Å². The molecule has 1 atom stereocenters. The molecular weight excluding hydrogens is 344 g/mol. The summed E-state index contributed by atoms with van der Waals surface area (Å²) in [7, 11) is -3.94. The van der Waals surface area contributed by atoms with Crippen LogP contribution < -0.4 is 0 Å². The van der Waals surface area contributed by atoms with Crippen LogP contribution in [0.5, 0.6) is 0 Å². The van der Waals surface area contributed by atoms with E-state index in [0.29, 0.717) is 6.42 Å². The number of aryl methyl sites for hydroxylation is 1. The zero-order chi connectivity index (χ0) is 17.7. The lowest BCUT2D eigenvalue weighted by Crippen LogP contribution is -2.37. The Morgan fingerprint density at radius 1 is 1.33 bits per heavy atom. The van der Waals surface area contributed by atoms with Crippen LogP contribution in [-0.4, -0.2) is 35.6 Å². The summed E-state index contributed by atoms with van der Waals surface area (Å²) >= 11 is 1.23. The molecule has 1 aliphatic heterocycles. The van der Waals surface area contributed by atoms with Gasteiger partial charge in [0, 0.05) is 0 Å². The fraction of sp³-hybridized carbons (Fsp3) is 0.412. The highest BCUT2D eigenvalue weighted by molar-refractivity contribution is 8.17. The van der Waals surface area contributed by atoms with Crippen LogP contribution in [0.15, 0.2) is 46.8 Å². The molecule has 1 heterocycles. The Kier molecular flexibility index (Phi) is 6.23. The van der Waals surface area contributed by atoms with E-state index in [1.54, 1.807) is 18.2 Å². The molecule has 2 rings (SSSR count). The van der Waals surface area contributed by atoms with Crippen molar-refractivity contribution in [1.82, 2.24) is 4.31 Å². The minimum atomic E-state index is -3.94. The first-order chi connectivity index (χ1) is 11.4. The molecule has 24 heavy (non-hydrogen) atoms. The Morgan fingerprint density at radius 3 is 2.58 bits per heavy atom. The summed E-state index contributed by atoms with van der Waals surface area (Å²) in [5.74, 6) is -0.406. The second kappa shape index (κ2) is 7.98. The van der Waals surface area contributed by atoms with Crippen molar-refractivity contribution in [3.8, 4) is 0 Å². The summed E-state index contributed by atoms with van der Waals surface area (Å²) in [5.41, 5.74) is 0.956. The van der Waals surface area contributed by atoms with Crippen molar-refractivity contribution in [1.29, 1.82) is 0 Å². The van der Waals surface area contributed by atoms with Crippen molar-refractivity contribution >= 4 is 32.9 Å². The van der Waals surface area contributed by atoms with Crippen LogP contribution in [0, 0.1) is 6.92 Å². The smallest absolute Gasteiger partial charge is 0.272 e. The van der Waals surface area contributed by atoms with E-state index in [2.05, 4.69) is 11.6 Å². The number of aliphatic imine (C=N–C) groups is 1. The van der Waals surface area contributed by atoms with Crippen LogP contribution in [0.2, 0.25) is 0 Å². The summed E-state index contributed by atoms with van der Waals surface area (Å²) < 4.78 is 26.7. The Labute approximate surface area is 147 Å². The Balaban J connectivity index is 2.40. The molecule has 0 spiro atoms. The average molecular weight is 367 g/mol. The minimum absolute atomic E-state index is 0.101. The van der Waals surface area contributed by atoms with Crippen molar-refractivity contribution in [2.45, 2.75) is 43.3 Å². The molecule has 0 radical (unpaired) electrons. The van der Waals surface area contributed by atoms with E-state index in [1.807, 2.05) is 13.8 Å². The number of carbonyl (C=O) groups excluding carboxylic acids is 1. The van der Waals surface area contributed by atoms with Crippen LogP contribution in [0.4, 0.5) is 0 Å². The molecule has 7 heteroatoms. The molecule has 0 saturated carbocycles. The highest BCUT2D eigenvalue weighted by atomic mass is 32.2. The maximum atomic E-state index is 12.9. The standard InChI is InChI=1S/C17H22N2O3S2/c1-4-6-7-15-16(20)19(17(23-15)18-12-5-2)24(21,22)14-10-8-13(3)9-11-14/h5,8-11,15H,2,4,6-7,12H2,1,3H3/t15-/m1/s1. The molecule has 5 nitrogen and oxygen atoms in total. The highest BCUT2D eigenvalue weighted by Crippen LogP contribution is 2.34. The summed E-state index contributed by atoms with van der Waals surface area (Å²) in [6.07, 6.45) is 4.05. The van der Waals surface area contributed by atoms with Crippen LogP contribution in [0.3, 0.4) is 0 Å². The number of unbranched alkanes of at least 4 members (excludes halogenated alkanes) is 1. The SMILES string of the molecule is C=CCN=C1S[C@H](CCCC)C(=O)N1S(=O)(=O)c1ccc(C)cc1. The second-order valence-corrected chi connectivity index (χ2v) is 8.54. The number of rotatable bonds is 7. The lowest BCUT2D eigenvalue weighted by atomic mass is 10.2. The van der Waals surface area contributed by atoms with Crippen LogP contribution in [0.25, 0.3) is 0 Å². The number of sulfonamides is 1. The molecule has 1 aliphatic rings. The van der Waals surface area contributed by atoms with Gasteiger partial charge in [-0.3, -0.25) is 9.79 Å². The van der Waals surface area contributed by atoms with E-state index < -0.39 is 21.2 Å². The minimum Gasteiger partial charge on any atom is -0.272 e. The van der Waals surface area contributed by atoms with Crippen LogP contribution >= 0.6 is 11.8 Å². The van der Waals surface area contributed by atoms with E-state index in [9.17, 15) is 13.2 Å². The molecule has 1 fully saturated rings. The first-order valence-corrected chi connectivity index (χ1v) is 10.2. The van der Waals surface area contributed by atoms with Crippen molar-refractivity contribution in [2.24, 2.45) is 4.99 Å². The molecule has 1 amide bonds. The summed E-state index contributed by atoms with van der Waals surface area (Å²) in [4.78, 5) is 17.0. The van der Waals surface area contributed by atoms with Gasteiger partial charge in [-0.15, -0.1) is 6.58 Å². The fourth-order valence-corrected chi connectivity index (χ4v) is 5.19. The predicted molar refractivity (Wildman–Crippen MR) is 98.6 cm³/mol. The predicted octanol–water partition coefficient (Wildman–Crippen LogP) is 3.36. The molecule has 1 aromatic rings. The number of hydrogen-bond acceptors (Lipinski definition) is 5. The van der Waals surface area contributed by atoms with E-state index >= 15 is 0 Å². The van der Waals surface area contributed by atoms with E-state index in [1.165, 1.54) is 23.9 Å². The molecule has 0 aliphatic carbocycles. The maximum absolute atomic E-state index is 12.9. The normalized spacial score (nSPS) is 19.9. The zero-order valence-corrected chi connectivity index (χ0v) is 15.6. The Bertz CT molecular complexity index is 740. The topological polar surface area (TPSA) is 66.8 Å². The highest BCUT2D eigenvalue weighted by Gasteiger charge is 2.44. The van der Waals surface area contributed by atoms with Gasteiger partial charge in [0.05, 0.1) is 16.7 Å². The van der Waals surface area contributed by atoms with Crippen molar-refractivity contribution in [2.75, 3.05) is 6.54 Å². The van der Waals surface area contributed by atoms with Gasteiger partial charge in [0.15, 0.2) is 5.17 Å². The van der Waals surface area contributed by atoms with Crippen LogP contribution in [0.1, 0.15) is 31.7 Å². The number of amides is 1. The molecule has 1 saturated heterocycles. The molecule has 0 N–H and O–H groups in total. The third-order valence-corrected chi connectivity index (χ3v) is 6.69. The summed E-state index contributed by atoms with van der Waals surface area (Å²) in [6, 6.07) is 6.48. The van der Waals surface area contributed by atoms with Gasteiger partial charge in [-0.05, 0) is 25.5 Å². The van der Waals surface area contributed by atoms with Crippen LogP contribution in [-0.2, 0) is 14.8 Å². The third kappa shape index (κ3) is 3.89. The summed E-state index contributed by atoms with van der Waals surface area (Å²) in [5, 5.41) is -0.157. The molecule has 0 unspecified atom stereocenters. The zero-order valence-electron chi connectivity index (χ0n) is 13.9. The number of hydrogen-bond donors (Lipinski definition) is 0. The van der Waals surface area contributed by atoms with Gasteiger partial charge in [-0.2, -0.15) is 4.31 Å². The van der Waals surface area contributed by atoms with Crippen molar-refractivity contribution < 1.29 is 13.2 Å². The van der Waals surface area contributed by atoms with Gasteiger partial charge < -0.3 is 0 Å². The average Bonchev–Trinajstić information content (AvgIpc) is 2.87. The second-order valence-electron chi connectivity index (χ2n) is 5.58. The first-order valence-electron chi connectivity index (χ1n) is 7.89. The largest absolute Gasteiger partial charge is 0.272 e. The quantitative estimate of drug-likeness (QED) is 0.694. The third-order valence-electron chi connectivity index (χ3n) is 3.63. The number of thioether (sulfide) groups is 1. The Morgan fingerprint density at radius 2 is 2.00 bits per heavy atom. The van der Waals surface area contributed by atoms with Crippen molar-refractivity contribution in [3.05, 3.63) is 42.5 Å².